The van der Waals surface area contributed by atoms with Crippen LogP contribution in [-0.4, -0.2) is 12.3 Å². The fourth-order valence-electron chi connectivity index (χ4n) is 7.49. The lowest BCUT2D eigenvalue weighted by Crippen LogP contribution is -1.86. The summed E-state index contributed by atoms with van der Waals surface area (Å²) in [6, 6.07) is 0. The van der Waals surface area contributed by atoms with E-state index in [4.69, 9.17) is 0 Å². The average molecular weight is 679 g/mol. The maximum absolute atomic E-state index is 2.31. The van der Waals surface area contributed by atoms with Crippen molar-refractivity contribution in [1.82, 2.24) is 0 Å². The third kappa shape index (κ3) is 46.4. The highest BCUT2D eigenvalue weighted by Gasteiger charge is 1.98. The van der Waals surface area contributed by atoms with Gasteiger partial charge >= 0.3 is 0 Å². The minimum absolute atomic E-state index is 1.25. The van der Waals surface area contributed by atoms with Gasteiger partial charge in [-0.25, -0.2) is 0 Å². The van der Waals surface area contributed by atoms with E-state index >= 15 is 0 Å². The van der Waals surface area contributed by atoms with E-state index in [0.717, 1.165) is 0 Å². The van der Waals surface area contributed by atoms with Gasteiger partial charge in [-0.05, 0) is 25.2 Å². The zero-order valence-corrected chi connectivity index (χ0v) is 34.6. The van der Waals surface area contributed by atoms with Crippen LogP contribution in [-0.2, 0) is 0 Å². The number of hydrogen-bond donors (Lipinski definition) is 0. The zero-order chi connectivity index (χ0) is 33.8. The molecule has 1 heteroatoms. The molecule has 0 fully saturated rings. The summed E-state index contributed by atoms with van der Waals surface area (Å²) < 4.78 is 0. The van der Waals surface area contributed by atoms with Crippen LogP contribution in [0.2, 0.25) is 0 Å². The first-order chi connectivity index (χ1) is 23.4. The Bertz CT molecular complexity index is 457. The Labute approximate surface area is 303 Å². The van der Waals surface area contributed by atoms with Crippen LogP contribution in [0.25, 0.3) is 0 Å². The molecular weight excluding hydrogens is 583 g/mol. The van der Waals surface area contributed by atoms with Crippen LogP contribution in [0.3, 0.4) is 0 Å². The standard InChI is InChI=1S/C46H95P/c1-3-5-7-9-11-13-15-17-19-21-23-25-27-29-31-33-35-37-39-41-43-45-47-46-44-42-40-38-36-34-32-30-28-26-24-22-20-18-16-14-12-10-8-6-4-2/h47H,3-46H2,1-2H3. The highest BCUT2D eigenvalue weighted by atomic mass is 31.1. The summed E-state index contributed by atoms with van der Waals surface area (Å²) in [4.78, 5) is 0. The number of unbranched alkanes of at least 4 members (excludes halogenated alkanes) is 40. The van der Waals surface area contributed by atoms with Gasteiger partial charge in [0.1, 0.15) is 0 Å². The van der Waals surface area contributed by atoms with Gasteiger partial charge in [-0.3, -0.25) is 0 Å². The quantitative estimate of drug-likeness (QED) is 0.0444. The normalized spacial score (nSPS) is 11.6. The first kappa shape index (κ1) is 47.4. The molecule has 0 amide bonds. The largest absolute Gasteiger partial charge is 0.122 e. The van der Waals surface area contributed by atoms with E-state index in [2.05, 4.69) is 13.8 Å². The molecular formula is C46H95P. The molecule has 0 unspecified atom stereocenters. The van der Waals surface area contributed by atoms with Gasteiger partial charge in [-0.1, -0.05) is 271 Å². The van der Waals surface area contributed by atoms with Crippen molar-refractivity contribution in [3.05, 3.63) is 0 Å². The summed E-state index contributed by atoms with van der Waals surface area (Å²) in [7, 11) is 1.25. The average Bonchev–Trinajstić information content (AvgIpc) is 3.08. The molecule has 0 aliphatic heterocycles. The fourth-order valence-corrected chi connectivity index (χ4v) is 8.74. The first-order valence-electron chi connectivity index (χ1n) is 23.1. The van der Waals surface area contributed by atoms with Gasteiger partial charge in [0.05, 0.1) is 0 Å². The second kappa shape index (κ2) is 46.4. The van der Waals surface area contributed by atoms with Crippen molar-refractivity contribution in [2.75, 3.05) is 12.3 Å². The van der Waals surface area contributed by atoms with E-state index in [-0.39, 0.29) is 0 Å². The molecule has 0 aromatic carbocycles. The second-order valence-electron chi connectivity index (χ2n) is 15.9. The molecule has 0 aromatic rings. The molecule has 0 atom stereocenters. The van der Waals surface area contributed by atoms with E-state index in [1.54, 1.807) is 0 Å². The highest BCUT2D eigenvalue weighted by molar-refractivity contribution is 7.37. The van der Waals surface area contributed by atoms with Crippen molar-refractivity contribution < 1.29 is 0 Å². The van der Waals surface area contributed by atoms with Crippen LogP contribution in [0.15, 0.2) is 0 Å². The summed E-state index contributed by atoms with van der Waals surface area (Å²) in [6.07, 6.45) is 65.5. The molecule has 0 radical (unpaired) electrons. The van der Waals surface area contributed by atoms with Crippen LogP contribution in [0.1, 0.15) is 284 Å². The first-order valence-corrected chi connectivity index (χ1v) is 24.5. The van der Waals surface area contributed by atoms with Gasteiger partial charge in [0.25, 0.3) is 0 Å². The molecule has 0 aromatic heterocycles. The molecule has 0 spiro atoms. The number of rotatable bonds is 44. The Morgan fingerprint density at radius 3 is 0.447 bits per heavy atom. The fraction of sp³-hybridized carbons (Fsp3) is 1.00. The molecule has 0 saturated carbocycles. The van der Waals surface area contributed by atoms with Crippen molar-refractivity contribution >= 4 is 8.58 Å². The monoisotopic (exact) mass is 679 g/mol. The van der Waals surface area contributed by atoms with E-state index in [1.165, 1.54) is 291 Å². The van der Waals surface area contributed by atoms with Crippen LogP contribution in [0.5, 0.6) is 0 Å². The van der Waals surface area contributed by atoms with Crippen LogP contribution < -0.4 is 0 Å². The van der Waals surface area contributed by atoms with E-state index < -0.39 is 0 Å². The summed E-state index contributed by atoms with van der Waals surface area (Å²) in [5.74, 6) is 0. The Balaban J connectivity index is 3.03. The minimum atomic E-state index is 1.25. The lowest BCUT2D eigenvalue weighted by Gasteiger charge is -2.05. The lowest BCUT2D eigenvalue weighted by atomic mass is 10.0. The van der Waals surface area contributed by atoms with Crippen molar-refractivity contribution in [3.8, 4) is 0 Å². The molecule has 0 N–H and O–H groups in total. The van der Waals surface area contributed by atoms with Gasteiger partial charge in [-0.15, -0.1) is 8.58 Å². The van der Waals surface area contributed by atoms with E-state index in [0.29, 0.717) is 0 Å². The summed E-state index contributed by atoms with van der Waals surface area (Å²) in [6.45, 7) is 4.62. The van der Waals surface area contributed by atoms with Gasteiger partial charge in [0.15, 0.2) is 0 Å². The van der Waals surface area contributed by atoms with Gasteiger partial charge in [-0.2, -0.15) is 0 Å². The highest BCUT2D eigenvalue weighted by Crippen LogP contribution is 2.20. The molecule has 0 rings (SSSR count). The van der Waals surface area contributed by atoms with E-state index in [1.807, 2.05) is 0 Å². The maximum Gasteiger partial charge on any atom is -0.0353 e. The maximum atomic E-state index is 2.31. The third-order valence-electron chi connectivity index (χ3n) is 10.9. The van der Waals surface area contributed by atoms with Crippen LogP contribution in [0.4, 0.5) is 0 Å². The molecule has 0 aliphatic carbocycles. The molecule has 284 valence electrons. The summed E-state index contributed by atoms with van der Waals surface area (Å²) in [5.41, 5.74) is 0. The van der Waals surface area contributed by atoms with Gasteiger partial charge in [0, 0.05) is 0 Å². The predicted molar refractivity (Wildman–Crippen MR) is 223 cm³/mol. The molecule has 47 heavy (non-hydrogen) atoms. The molecule has 0 saturated heterocycles. The third-order valence-corrected chi connectivity index (χ3v) is 12.3. The van der Waals surface area contributed by atoms with Crippen molar-refractivity contribution in [1.29, 1.82) is 0 Å². The molecule has 0 bridgehead atoms. The van der Waals surface area contributed by atoms with Gasteiger partial charge in [0.2, 0.25) is 0 Å². The van der Waals surface area contributed by atoms with Gasteiger partial charge < -0.3 is 0 Å². The zero-order valence-electron chi connectivity index (χ0n) is 33.6. The Hall–Kier alpha value is 0.430. The van der Waals surface area contributed by atoms with Crippen LogP contribution in [0, 0.1) is 0 Å². The Morgan fingerprint density at radius 1 is 0.170 bits per heavy atom. The van der Waals surface area contributed by atoms with E-state index in [9.17, 15) is 0 Å². The summed E-state index contributed by atoms with van der Waals surface area (Å²) in [5, 5.41) is 0. The van der Waals surface area contributed by atoms with Crippen molar-refractivity contribution in [2.24, 2.45) is 0 Å². The molecule has 0 heterocycles. The number of hydrogen-bond acceptors (Lipinski definition) is 0. The molecule has 0 nitrogen and oxygen atoms in total. The van der Waals surface area contributed by atoms with Crippen molar-refractivity contribution in [3.63, 3.8) is 0 Å². The van der Waals surface area contributed by atoms with Crippen LogP contribution >= 0.6 is 8.58 Å². The lowest BCUT2D eigenvalue weighted by molar-refractivity contribution is 0.521. The second-order valence-corrected chi connectivity index (χ2v) is 17.4. The SMILES string of the molecule is CCCCCCCCCCCCCCCCCCCCCCCPCCCCCCCCCCCCCCCCCCCCCCC. The summed E-state index contributed by atoms with van der Waals surface area (Å²) >= 11 is 0. The van der Waals surface area contributed by atoms with Crippen molar-refractivity contribution in [2.45, 2.75) is 284 Å². The minimum Gasteiger partial charge on any atom is -0.122 e. The topological polar surface area (TPSA) is 0 Å². The Morgan fingerprint density at radius 2 is 0.298 bits per heavy atom. The molecule has 0 aliphatic rings. The predicted octanol–water partition coefficient (Wildman–Crippen LogP) is 18.1. The Kier molecular flexibility index (Phi) is 46.9. The smallest absolute Gasteiger partial charge is 0.0353 e.